The summed E-state index contributed by atoms with van der Waals surface area (Å²) in [6.45, 7) is 6.63. The number of hydrogen-bond acceptors (Lipinski definition) is 14. The first-order chi connectivity index (χ1) is 30.1. The lowest BCUT2D eigenvalue weighted by atomic mass is 9.46. The predicted octanol–water partition coefficient (Wildman–Crippen LogP) is 3.86. The van der Waals surface area contributed by atoms with Crippen molar-refractivity contribution < 1.29 is 59.2 Å². The van der Waals surface area contributed by atoms with E-state index in [9.17, 15) is 59.6 Å². The maximum atomic E-state index is 13.3. The molecule has 0 saturated heterocycles. The van der Waals surface area contributed by atoms with Crippen LogP contribution in [-0.2, 0) is 35.3 Å². The van der Waals surface area contributed by atoms with Crippen LogP contribution in [0.5, 0.6) is 0 Å². The Morgan fingerprint density at radius 1 is 0.812 bits per heavy atom. The third kappa shape index (κ3) is 6.87. The summed E-state index contributed by atoms with van der Waals surface area (Å²) in [5, 5.41) is 65.8. The molecule has 1 aromatic heterocycles. The van der Waals surface area contributed by atoms with E-state index in [1.165, 1.54) is 17.0 Å². The molecule has 0 bridgehead atoms. The van der Waals surface area contributed by atoms with Crippen LogP contribution in [0.15, 0.2) is 60.0 Å². The van der Waals surface area contributed by atoms with Crippen molar-refractivity contribution in [3.63, 3.8) is 0 Å². The molecular formula is C48H61N3O13. The summed E-state index contributed by atoms with van der Waals surface area (Å²) >= 11 is 0. The molecule has 14 atom stereocenters. The molecule has 0 amide bonds. The number of esters is 1. The molecule has 0 aliphatic heterocycles. The first kappa shape index (κ1) is 46.1. The maximum absolute atomic E-state index is 13.3. The number of aliphatic hydroxyl groups excluding tert-OH is 3. The van der Waals surface area contributed by atoms with Crippen molar-refractivity contribution in [3.8, 4) is 0 Å². The van der Waals surface area contributed by atoms with E-state index in [0.29, 0.717) is 19.3 Å². The minimum Gasteiger partial charge on any atom is -0.457 e. The van der Waals surface area contributed by atoms with Crippen molar-refractivity contribution in [3.05, 3.63) is 70.1 Å². The molecule has 9 rings (SSSR count). The third-order valence-electron chi connectivity index (χ3n) is 18.1. The van der Waals surface area contributed by atoms with Crippen LogP contribution < -0.4 is 0 Å². The largest absolute Gasteiger partial charge is 0.457 e. The molecule has 1 heterocycles. The van der Waals surface area contributed by atoms with E-state index in [2.05, 4.69) is 18.8 Å². The quantitative estimate of drug-likeness (QED) is 0.134. The van der Waals surface area contributed by atoms with E-state index < -0.39 is 81.3 Å². The highest BCUT2D eigenvalue weighted by molar-refractivity contribution is 6.01. The number of nitro groups is 1. The van der Waals surface area contributed by atoms with Gasteiger partial charge < -0.3 is 40.4 Å². The topological polar surface area (TPSA) is 257 Å². The normalized spacial score (nSPS) is 42.6. The minimum atomic E-state index is -1.75. The Morgan fingerprint density at radius 2 is 1.30 bits per heavy atom. The Kier molecular flexibility index (Phi) is 11.6. The van der Waals surface area contributed by atoms with E-state index in [1.807, 2.05) is 26.0 Å². The fourth-order valence-corrected chi connectivity index (χ4v) is 14.9. The third-order valence-corrected chi connectivity index (χ3v) is 18.1. The van der Waals surface area contributed by atoms with Gasteiger partial charge in [-0.1, -0.05) is 56.0 Å². The molecule has 16 nitrogen and oxygen atoms in total. The second kappa shape index (κ2) is 16.1. The number of allylic oxidation sites excluding steroid dienone is 8. The fourth-order valence-electron chi connectivity index (χ4n) is 14.9. The molecule has 0 aromatic carbocycles. The van der Waals surface area contributed by atoms with Crippen LogP contribution in [-0.4, -0.2) is 106 Å². The lowest BCUT2D eigenvalue weighted by Crippen LogP contribution is -2.61. The molecule has 5 N–H and O–H groups in total. The number of aryl methyl sites for hydroxylation is 1. The van der Waals surface area contributed by atoms with Gasteiger partial charge in [0.1, 0.15) is 30.2 Å². The maximum Gasteiger partial charge on any atom is 0.434 e. The average Bonchev–Trinajstić information content (AvgIpc) is 3.91. The van der Waals surface area contributed by atoms with Gasteiger partial charge in [-0.05, 0) is 117 Å². The first-order valence-corrected chi connectivity index (χ1v) is 22.8. The van der Waals surface area contributed by atoms with Crippen LogP contribution in [0.2, 0.25) is 0 Å². The van der Waals surface area contributed by atoms with Gasteiger partial charge in [0.15, 0.2) is 24.0 Å². The second-order valence-corrected chi connectivity index (χ2v) is 20.8. The van der Waals surface area contributed by atoms with Gasteiger partial charge in [-0.25, -0.2) is 4.57 Å². The molecule has 0 radical (unpaired) electrons. The van der Waals surface area contributed by atoms with Gasteiger partial charge in [0, 0.05) is 33.5 Å². The van der Waals surface area contributed by atoms with Gasteiger partial charge in [0.25, 0.3) is 0 Å². The van der Waals surface area contributed by atoms with Crippen molar-refractivity contribution in [2.24, 2.45) is 57.2 Å². The lowest BCUT2D eigenvalue weighted by molar-refractivity contribution is -0.396. The zero-order chi connectivity index (χ0) is 46.4. The van der Waals surface area contributed by atoms with E-state index in [0.717, 1.165) is 43.3 Å². The Hall–Kier alpha value is -4.48. The van der Waals surface area contributed by atoms with Crippen LogP contribution in [0, 0.1) is 67.3 Å². The number of aliphatic hydroxyl groups is 5. The zero-order valence-electron chi connectivity index (χ0n) is 37.0. The molecule has 6 saturated carbocycles. The van der Waals surface area contributed by atoms with Crippen molar-refractivity contribution >= 4 is 35.1 Å². The summed E-state index contributed by atoms with van der Waals surface area (Å²) in [4.78, 5) is 75.7. The molecule has 6 fully saturated rings. The molecule has 64 heavy (non-hydrogen) atoms. The number of Topliss-reactive ketones (excluding diaryl/α,β-unsaturated/α-hetero) is 2. The van der Waals surface area contributed by atoms with Crippen molar-refractivity contribution in [2.75, 3.05) is 13.2 Å². The highest BCUT2D eigenvalue weighted by atomic mass is 16.6. The van der Waals surface area contributed by atoms with Gasteiger partial charge in [-0.2, -0.15) is 0 Å². The monoisotopic (exact) mass is 887 g/mol. The van der Waals surface area contributed by atoms with E-state index in [4.69, 9.17) is 4.74 Å². The summed E-state index contributed by atoms with van der Waals surface area (Å²) in [6, 6.07) is 0. The van der Waals surface area contributed by atoms with Crippen LogP contribution in [0.1, 0.15) is 98.3 Å². The number of aromatic nitrogens is 2. The first-order valence-electron chi connectivity index (χ1n) is 22.8. The Morgan fingerprint density at radius 3 is 1.77 bits per heavy atom. The van der Waals surface area contributed by atoms with E-state index in [1.54, 1.807) is 24.3 Å². The van der Waals surface area contributed by atoms with E-state index >= 15 is 0 Å². The number of ether oxygens (including phenoxy) is 1. The summed E-state index contributed by atoms with van der Waals surface area (Å²) < 4.78 is 6.38. The molecule has 8 aliphatic carbocycles. The van der Waals surface area contributed by atoms with Crippen LogP contribution in [0.3, 0.4) is 0 Å². The summed E-state index contributed by atoms with van der Waals surface area (Å²) in [7, 11) is 0. The van der Waals surface area contributed by atoms with Gasteiger partial charge in [-0.3, -0.25) is 24.0 Å². The SMILES string of the molecule is C[C@]12C=CC(=O)C=C1CC[C@@H]1[C@@H]2[C@@H](O)C[C@@]2(C)[C@H]1CC[C@]2(O)C(=O)CO.C[C@]12C=CC(=O)C=C1CC[C@@H]1[C@@H]2[C@@H](O)C[C@@]2(C)[C@H]1CC[C@]2(O)C(=O)COC(=O)CCn1ccnc1[N+](=O)[O-]. The van der Waals surface area contributed by atoms with Crippen LogP contribution in [0.4, 0.5) is 5.95 Å². The number of ketones is 4. The Bertz CT molecular complexity index is 2280. The van der Waals surface area contributed by atoms with Crippen molar-refractivity contribution in [2.45, 2.75) is 128 Å². The number of carbonyl (C=O) groups is 5. The van der Waals surface area contributed by atoms with Gasteiger partial charge in [-0.15, -0.1) is 0 Å². The number of hydrogen-bond donors (Lipinski definition) is 5. The van der Waals surface area contributed by atoms with Gasteiger partial charge in [0.2, 0.25) is 5.78 Å². The van der Waals surface area contributed by atoms with Crippen molar-refractivity contribution in [1.29, 1.82) is 0 Å². The molecule has 0 spiro atoms. The van der Waals surface area contributed by atoms with Crippen LogP contribution in [0.25, 0.3) is 0 Å². The molecule has 1 aromatic rings. The molecule has 8 aliphatic rings. The second-order valence-electron chi connectivity index (χ2n) is 20.8. The minimum absolute atomic E-state index is 0.00764. The molecule has 346 valence electrons. The Labute approximate surface area is 371 Å². The molecule has 0 unspecified atom stereocenters. The summed E-state index contributed by atoms with van der Waals surface area (Å²) in [6.07, 6.45) is 17.1. The van der Waals surface area contributed by atoms with Crippen LogP contribution >= 0.6 is 0 Å². The average molecular weight is 888 g/mol. The summed E-state index contributed by atoms with van der Waals surface area (Å²) in [5.74, 6) is -2.03. The number of nitrogens with zero attached hydrogens (tertiary/aromatic N) is 3. The Balaban J connectivity index is 0.000000188. The highest BCUT2D eigenvalue weighted by Crippen LogP contribution is 2.68. The zero-order valence-corrected chi connectivity index (χ0v) is 37.0. The molecule has 16 heteroatoms. The standard InChI is InChI=1S/C27H33N3O8.C21H28O5/c1-25-8-5-17(31)13-16(25)3-4-18-19-6-9-27(35,26(19,2)14-20(32)23(18)25)21(33)15-38-22(34)7-11-29-12-10-28-24(29)30(36)37;1-19-7-5-13(23)9-12(19)3-4-14-15-6-8-21(26,17(25)11-22)20(15,2)10-16(24)18(14)19/h5,8,10,12-13,18-20,23,32,35H,3-4,6-7,9,11,14-15H2,1-2H3;5,7,9,14-16,18,22,24,26H,3-4,6,8,10-11H2,1-2H3/t18-,19-,20-,23+,25-,26-,27-;14-,15-,16-,18+,19-,20-,21-/m00/s1. The number of carbonyl (C=O) groups excluding carboxylic acids is 5. The smallest absolute Gasteiger partial charge is 0.434 e. The van der Waals surface area contributed by atoms with Crippen molar-refractivity contribution in [1.82, 2.24) is 9.55 Å². The lowest BCUT2D eigenvalue weighted by Gasteiger charge is -2.59. The summed E-state index contributed by atoms with van der Waals surface area (Å²) in [5.41, 5.74) is -3.59. The highest BCUT2D eigenvalue weighted by Gasteiger charge is 2.69. The van der Waals surface area contributed by atoms with Gasteiger partial charge in [0.05, 0.1) is 25.2 Å². The molecular weight excluding hydrogens is 827 g/mol. The van der Waals surface area contributed by atoms with E-state index in [-0.39, 0.29) is 78.3 Å². The number of rotatable bonds is 9. The number of fused-ring (bicyclic) bond motifs is 10. The number of imidazole rings is 1. The predicted molar refractivity (Wildman–Crippen MR) is 227 cm³/mol. The fraction of sp³-hybridized carbons (Fsp3) is 0.667. The van der Waals surface area contributed by atoms with Gasteiger partial charge >= 0.3 is 11.9 Å².